The van der Waals surface area contributed by atoms with Gasteiger partial charge in [0.05, 0.1) is 18.2 Å². The average Bonchev–Trinajstić information content (AvgIpc) is 2.55. The van der Waals surface area contributed by atoms with E-state index in [9.17, 15) is 4.79 Å². The van der Waals surface area contributed by atoms with Crippen LogP contribution < -0.4 is 14.8 Å². The normalized spacial score (nSPS) is 10.2. The second kappa shape index (κ2) is 8.55. The van der Waals surface area contributed by atoms with Crippen molar-refractivity contribution in [2.24, 2.45) is 0 Å². The summed E-state index contributed by atoms with van der Waals surface area (Å²) < 4.78 is 16.3. The van der Waals surface area contributed by atoms with Crippen LogP contribution in [0.5, 0.6) is 11.5 Å². The number of amides is 1. The molecule has 1 N–H and O–H groups in total. The topological polar surface area (TPSA) is 56.8 Å². The summed E-state index contributed by atoms with van der Waals surface area (Å²) >= 11 is 3.37. The lowest BCUT2D eigenvalue weighted by molar-refractivity contribution is 0.102. The van der Waals surface area contributed by atoms with Gasteiger partial charge in [0, 0.05) is 24.4 Å². The van der Waals surface area contributed by atoms with E-state index in [1.165, 1.54) is 0 Å². The van der Waals surface area contributed by atoms with Crippen molar-refractivity contribution in [2.45, 2.75) is 0 Å². The Labute approximate surface area is 143 Å². The number of benzene rings is 2. The number of hydrogen-bond donors (Lipinski definition) is 1. The first-order valence-electron chi connectivity index (χ1n) is 7.00. The van der Waals surface area contributed by atoms with Crippen molar-refractivity contribution in [3.05, 3.63) is 52.5 Å². The Hall–Kier alpha value is -2.05. The average molecular weight is 380 g/mol. The largest absolute Gasteiger partial charge is 0.496 e. The number of hydrogen-bond acceptors (Lipinski definition) is 4. The minimum Gasteiger partial charge on any atom is -0.496 e. The maximum atomic E-state index is 12.3. The fourth-order valence-corrected chi connectivity index (χ4v) is 2.46. The molecule has 2 aromatic rings. The maximum absolute atomic E-state index is 12.3. The second-order valence-electron chi connectivity index (χ2n) is 4.67. The second-order valence-corrected chi connectivity index (χ2v) is 5.53. The van der Waals surface area contributed by atoms with Crippen molar-refractivity contribution in [3.63, 3.8) is 0 Å². The summed E-state index contributed by atoms with van der Waals surface area (Å²) in [7, 11) is 3.20. The SMILES string of the molecule is COCCOc1cccc(NC(=O)c2ccc(OC)c(Br)c2)c1. The van der Waals surface area contributed by atoms with Crippen LogP contribution in [0.3, 0.4) is 0 Å². The Morgan fingerprint density at radius 2 is 1.96 bits per heavy atom. The van der Waals surface area contributed by atoms with Crippen molar-refractivity contribution < 1.29 is 19.0 Å². The molecule has 0 saturated carbocycles. The zero-order valence-electron chi connectivity index (χ0n) is 13.0. The summed E-state index contributed by atoms with van der Waals surface area (Å²) in [4.78, 5) is 12.3. The van der Waals surface area contributed by atoms with Crippen molar-refractivity contribution in [3.8, 4) is 11.5 Å². The molecule has 0 aliphatic rings. The predicted molar refractivity (Wildman–Crippen MR) is 92.5 cm³/mol. The zero-order valence-corrected chi connectivity index (χ0v) is 14.6. The summed E-state index contributed by atoms with van der Waals surface area (Å²) in [5, 5.41) is 2.84. The lowest BCUT2D eigenvalue weighted by Crippen LogP contribution is -2.12. The number of anilines is 1. The lowest BCUT2D eigenvalue weighted by Gasteiger charge is -2.10. The monoisotopic (exact) mass is 379 g/mol. The molecule has 5 nitrogen and oxygen atoms in total. The molecule has 2 aromatic carbocycles. The molecule has 0 aliphatic heterocycles. The maximum Gasteiger partial charge on any atom is 0.255 e. The third-order valence-corrected chi connectivity index (χ3v) is 3.68. The fraction of sp³-hybridized carbons (Fsp3) is 0.235. The molecule has 6 heteroatoms. The highest BCUT2D eigenvalue weighted by molar-refractivity contribution is 9.10. The molecule has 0 bridgehead atoms. The van der Waals surface area contributed by atoms with Crippen molar-refractivity contribution in [1.82, 2.24) is 0 Å². The molecule has 122 valence electrons. The van der Waals surface area contributed by atoms with Gasteiger partial charge in [-0.2, -0.15) is 0 Å². The van der Waals surface area contributed by atoms with Gasteiger partial charge in [0.15, 0.2) is 0 Å². The molecule has 0 fully saturated rings. The highest BCUT2D eigenvalue weighted by atomic mass is 79.9. The molecule has 0 aromatic heterocycles. The molecule has 0 atom stereocenters. The van der Waals surface area contributed by atoms with Crippen LogP contribution >= 0.6 is 15.9 Å². The number of carbonyl (C=O) groups excluding carboxylic acids is 1. The fourth-order valence-electron chi connectivity index (χ4n) is 1.92. The van der Waals surface area contributed by atoms with E-state index in [0.29, 0.717) is 36.0 Å². The first-order valence-corrected chi connectivity index (χ1v) is 7.80. The van der Waals surface area contributed by atoms with Crippen LogP contribution in [-0.4, -0.2) is 33.3 Å². The Kier molecular flexibility index (Phi) is 6.43. The molecule has 0 saturated heterocycles. The van der Waals surface area contributed by atoms with Crippen molar-refractivity contribution in [1.29, 1.82) is 0 Å². The minimum absolute atomic E-state index is 0.206. The standard InChI is InChI=1S/C17H18BrNO4/c1-21-8-9-23-14-5-3-4-13(11-14)19-17(20)12-6-7-16(22-2)15(18)10-12/h3-7,10-11H,8-9H2,1-2H3,(H,19,20). The van der Waals surface area contributed by atoms with Crippen LogP contribution in [0.1, 0.15) is 10.4 Å². The van der Waals surface area contributed by atoms with Crippen molar-refractivity contribution >= 4 is 27.5 Å². The summed E-state index contributed by atoms with van der Waals surface area (Å²) in [6.07, 6.45) is 0. The van der Waals surface area contributed by atoms with Gasteiger partial charge in [-0.05, 0) is 46.3 Å². The van der Waals surface area contributed by atoms with E-state index < -0.39 is 0 Å². The van der Waals surface area contributed by atoms with Crippen LogP contribution in [0.15, 0.2) is 46.9 Å². The molecule has 0 unspecified atom stereocenters. The molecule has 23 heavy (non-hydrogen) atoms. The molecule has 0 heterocycles. The van der Waals surface area contributed by atoms with Gasteiger partial charge in [0.2, 0.25) is 0 Å². The van der Waals surface area contributed by atoms with Gasteiger partial charge in [0.25, 0.3) is 5.91 Å². The van der Waals surface area contributed by atoms with Gasteiger partial charge in [-0.15, -0.1) is 0 Å². The van der Waals surface area contributed by atoms with Gasteiger partial charge in [-0.25, -0.2) is 0 Å². The van der Waals surface area contributed by atoms with Crippen LogP contribution in [0.25, 0.3) is 0 Å². The van der Waals surface area contributed by atoms with E-state index in [1.807, 2.05) is 12.1 Å². The number of nitrogens with one attached hydrogen (secondary N) is 1. The van der Waals surface area contributed by atoms with Gasteiger partial charge in [-0.1, -0.05) is 6.07 Å². The Balaban J connectivity index is 2.05. The van der Waals surface area contributed by atoms with Crippen LogP contribution in [0.4, 0.5) is 5.69 Å². The van der Waals surface area contributed by atoms with E-state index in [-0.39, 0.29) is 5.91 Å². The van der Waals surface area contributed by atoms with Crippen LogP contribution in [0.2, 0.25) is 0 Å². The molecule has 0 aliphatic carbocycles. The number of rotatable bonds is 7. The molecule has 1 amide bonds. The third kappa shape index (κ3) is 4.97. The highest BCUT2D eigenvalue weighted by Crippen LogP contribution is 2.26. The van der Waals surface area contributed by atoms with E-state index in [4.69, 9.17) is 14.2 Å². The van der Waals surface area contributed by atoms with Crippen LogP contribution in [0, 0.1) is 0 Å². The molecule has 0 spiro atoms. The first kappa shape index (κ1) is 17.3. The van der Waals surface area contributed by atoms with Gasteiger partial charge < -0.3 is 19.5 Å². The first-order chi connectivity index (χ1) is 11.1. The van der Waals surface area contributed by atoms with E-state index in [1.54, 1.807) is 44.6 Å². The van der Waals surface area contributed by atoms with Crippen molar-refractivity contribution in [2.75, 3.05) is 32.8 Å². The highest BCUT2D eigenvalue weighted by Gasteiger charge is 2.09. The quantitative estimate of drug-likeness (QED) is 0.744. The van der Waals surface area contributed by atoms with Crippen LogP contribution in [-0.2, 0) is 4.74 Å². The summed E-state index contributed by atoms with van der Waals surface area (Å²) in [5.41, 5.74) is 1.19. The Bertz CT molecular complexity index is 675. The zero-order chi connectivity index (χ0) is 16.7. The predicted octanol–water partition coefficient (Wildman–Crippen LogP) is 3.74. The third-order valence-electron chi connectivity index (χ3n) is 3.06. The van der Waals surface area contributed by atoms with E-state index in [2.05, 4.69) is 21.2 Å². The molecular weight excluding hydrogens is 362 g/mol. The van der Waals surface area contributed by atoms with E-state index >= 15 is 0 Å². The molecule has 2 rings (SSSR count). The minimum atomic E-state index is -0.206. The smallest absolute Gasteiger partial charge is 0.255 e. The van der Waals surface area contributed by atoms with Gasteiger partial charge in [0.1, 0.15) is 18.1 Å². The lowest BCUT2D eigenvalue weighted by atomic mass is 10.2. The molecular formula is C17H18BrNO4. The summed E-state index contributed by atoms with van der Waals surface area (Å²) in [6, 6.07) is 12.4. The van der Waals surface area contributed by atoms with Gasteiger partial charge in [-0.3, -0.25) is 4.79 Å². The van der Waals surface area contributed by atoms with Gasteiger partial charge >= 0.3 is 0 Å². The van der Waals surface area contributed by atoms with E-state index in [0.717, 1.165) is 4.47 Å². The number of carbonyl (C=O) groups is 1. The summed E-state index contributed by atoms with van der Waals surface area (Å²) in [6.45, 7) is 0.968. The molecule has 0 radical (unpaired) electrons. The number of methoxy groups -OCH3 is 2. The Morgan fingerprint density at radius 3 is 2.65 bits per heavy atom. The Morgan fingerprint density at radius 1 is 1.13 bits per heavy atom. The number of halogens is 1. The number of ether oxygens (including phenoxy) is 3. The summed E-state index contributed by atoms with van der Waals surface area (Å²) in [5.74, 6) is 1.15.